The molecule has 1 fully saturated rings. The summed E-state index contributed by atoms with van der Waals surface area (Å²) in [5.41, 5.74) is 0.474. The molecule has 3 aromatic rings. The fraction of sp³-hybridized carbons (Fsp3) is 0.120. The summed E-state index contributed by atoms with van der Waals surface area (Å²) in [6, 6.07) is 14.3. The molecule has 5 nitrogen and oxygen atoms in total. The van der Waals surface area contributed by atoms with Crippen LogP contribution in [0, 0.1) is 11.6 Å². The number of ether oxygens (including phenoxy) is 1. The highest BCUT2D eigenvalue weighted by atomic mass is 35.5. The molecule has 33 heavy (non-hydrogen) atoms. The van der Waals surface area contributed by atoms with E-state index in [0.717, 1.165) is 4.90 Å². The monoisotopic (exact) mass is 469 g/mol. The predicted molar refractivity (Wildman–Crippen MR) is 119 cm³/mol. The second kappa shape index (κ2) is 9.03. The van der Waals surface area contributed by atoms with Crippen LogP contribution in [0.5, 0.6) is 5.75 Å². The molecule has 0 aliphatic carbocycles. The first-order chi connectivity index (χ1) is 15.8. The number of benzene rings is 3. The summed E-state index contributed by atoms with van der Waals surface area (Å²) in [6.07, 6.45) is 0. The lowest BCUT2D eigenvalue weighted by molar-refractivity contribution is -0.140. The Bertz CT molecular complexity index is 1270. The SMILES string of the molecule is COc1ccc(/C(O)=C2\C(=O)C(=O)N(Cc3ccc(F)cc3)C2c2ccccc2F)cc1Cl. The Hall–Kier alpha value is -3.71. The molecule has 4 rings (SSSR count). The number of aliphatic hydroxyl groups excluding tert-OH is 1. The van der Waals surface area contributed by atoms with Crippen LogP contribution in [0.1, 0.15) is 22.7 Å². The quantitative estimate of drug-likeness (QED) is 0.315. The Balaban J connectivity index is 1.87. The largest absolute Gasteiger partial charge is 0.507 e. The van der Waals surface area contributed by atoms with Crippen molar-refractivity contribution in [2.75, 3.05) is 7.11 Å². The zero-order valence-corrected chi connectivity index (χ0v) is 18.1. The summed E-state index contributed by atoms with van der Waals surface area (Å²) < 4.78 is 33.3. The summed E-state index contributed by atoms with van der Waals surface area (Å²) >= 11 is 6.16. The summed E-state index contributed by atoms with van der Waals surface area (Å²) in [7, 11) is 1.43. The van der Waals surface area contributed by atoms with E-state index in [-0.39, 0.29) is 28.3 Å². The van der Waals surface area contributed by atoms with Gasteiger partial charge in [-0.15, -0.1) is 0 Å². The second-order valence-electron chi connectivity index (χ2n) is 7.42. The third kappa shape index (κ3) is 4.19. The summed E-state index contributed by atoms with van der Waals surface area (Å²) in [5.74, 6) is -3.11. The van der Waals surface area contributed by atoms with Crippen LogP contribution in [-0.2, 0) is 16.1 Å². The highest BCUT2D eigenvalue weighted by Gasteiger charge is 2.47. The van der Waals surface area contributed by atoms with Crippen LogP contribution >= 0.6 is 11.6 Å². The molecule has 168 valence electrons. The van der Waals surface area contributed by atoms with Gasteiger partial charge in [-0.3, -0.25) is 9.59 Å². The fourth-order valence-corrected chi connectivity index (χ4v) is 4.08. The van der Waals surface area contributed by atoms with Gasteiger partial charge >= 0.3 is 0 Å². The molecule has 0 aromatic heterocycles. The molecule has 3 aromatic carbocycles. The number of rotatable bonds is 5. The minimum atomic E-state index is -1.20. The average Bonchev–Trinajstić information content (AvgIpc) is 3.05. The van der Waals surface area contributed by atoms with Gasteiger partial charge < -0.3 is 14.7 Å². The van der Waals surface area contributed by atoms with Crippen molar-refractivity contribution in [3.05, 3.63) is 106 Å². The normalized spacial score (nSPS) is 17.5. The average molecular weight is 470 g/mol. The number of nitrogens with zero attached hydrogens (tertiary/aromatic N) is 1. The lowest BCUT2D eigenvalue weighted by atomic mass is 9.94. The van der Waals surface area contributed by atoms with Crippen LogP contribution in [0.15, 0.2) is 72.3 Å². The topological polar surface area (TPSA) is 66.8 Å². The van der Waals surface area contributed by atoms with E-state index in [1.54, 1.807) is 6.07 Å². The number of halogens is 3. The summed E-state index contributed by atoms with van der Waals surface area (Å²) in [4.78, 5) is 27.2. The van der Waals surface area contributed by atoms with E-state index in [4.69, 9.17) is 16.3 Å². The number of carbonyl (C=O) groups is 2. The molecule has 1 amide bonds. The van der Waals surface area contributed by atoms with Crippen molar-refractivity contribution >= 4 is 29.1 Å². The number of carbonyl (C=O) groups excluding carboxylic acids is 2. The van der Waals surface area contributed by atoms with Crippen LogP contribution in [0.25, 0.3) is 5.76 Å². The molecule has 8 heteroatoms. The molecule has 0 bridgehead atoms. The third-order valence-electron chi connectivity index (χ3n) is 5.43. The maximum atomic E-state index is 14.8. The molecule has 1 heterocycles. The van der Waals surface area contributed by atoms with E-state index in [2.05, 4.69) is 0 Å². The van der Waals surface area contributed by atoms with Gasteiger partial charge in [0.25, 0.3) is 11.7 Å². The minimum absolute atomic E-state index is 0.0416. The van der Waals surface area contributed by atoms with Crippen LogP contribution in [-0.4, -0.2) is 28.8 Å². The van der Waals surface area contributed by atoms with Gasteiger partial charge in [0.15, 0.2) is 0 Å². The number of methoxy groups -OCH3 is 1. The van der Waals surface area contributed by atoms with Crippen molar-refractivity contribution in [2.45, 2.75) is 12.6 Å². The number of Topliss-reactive ketones (excluding diaryl/α,β-unsaturated/α-hetero) is 1. The van der Waals surface area contributed by atoms with E-state index in [0.29, 0.717) is 11.3 Å². The van der Waals surface area contributed by atoms with Crippen LogP contribution in [0.2, 0.25) is 5.02 Å². The van der Waals surface area contributed by atoms with Crippen molar-refractivity contribution in [3.63, 3.8) is 0 Å². The van der Waals surface area contributed by atoms with E-state index in [1.165, 1.54) is 67.8 Å². The first-order valence-electron chi connectivity index (χ1n) is 9.93. The molecule has 1 aliphatic rings. The second-order valence-corrected chi connectivity index (χ2v) is 7.83. The van der Waals surface area contributed by atoms with Crippen molar-refractivity contribution < 1.29 is 28.2 Å². The van der Waals surface area contributed by atoms with Crippen molar-refractivity contribution in [1.82, 2.24) is 4.90 Å². The molecule has 1 saturated heterocycles. The van der Waals surface area contributed by atoms with Crippen LogP contribution < -0.4 is 4.74 Å². The molecule has 0 spiro atoms. The van der Waals surface area contributed by atoms with Gasteiger partial charge in [0.1, 0.15) is 23.1 Å². The highest BCUT2D eigenvalue weighted by molar-refractivity contribution is 6.46. The zero-order valence-electron chi connectivity index (χ0n) is 17.4. The van der Waals surface area contributed by atoms with Gasteiger partial charge in [0.2, 0.25) is 0 Å². The lowest BCUT2D eigenvalue weighted by Gasteiger charge is -2.25. The number of ketones is 1. The third-order valence-corrected chi connectivity index (χ3v) is 5.73. The fourth-order valence-electron chi connectivity index (χ4n) is 3.82. The number of amides is 1. The van der Waals surface area contributed by atoms with E-state index >= 15 is 0 Å². The minimum Gasteiger partial charge on any atom is -0.507 e. The lowest BCUT2D eigenvalue weighted by Crippen LogP contribution is -2.29. The molecular weight excluding hydrogens is 452 g/mol. The van der Waals surface area contributed by atoms with Gasteiger partial charge in [-0.2, -0.15) is 0 Å². The molecule has 1 aliphatic heterocycles. The molecule has 1 atom stereocenters. The van der Waals surface area contributed by atoms with E-state index in [1.807, 2.05) is 0 Å². The van der Waals surface area contributed by atoms with E-state index < -0.39 is 35.1 Å². The molecule has 0 radical (unpaired) electrons. The number of hydrogen-bond donors (Lipinski definition) is 1. The predicted octanol–water partition coefficient (Wildman–Crippen LogP) is 5.25. The number of hydrogen-bond acceptors (Lipinski definition) is 4. The van der Waals surface area contributed by atoms with Gasteiger partial charge in [0.05, 0.1) is 23.7 Å². The van der Waals surface area contributed by atoms with Gasteiger partial charge in [-0.05, 0) is 42.0 Å². The summed E-state index contributed by atoms with van der Waals surface area (Å²) in [5, 5.41) is 11.2. The zero-order chi connectivity index (χ0) is 23.7. The molecular formula is C25H18ClF2NO4. The van der Waals surface area contributed by atoms with Gasteiger partial charge in [0, 0.05) is 17.7 Å². The van der Waals surface area contributed by atoms with Crippen LogP contribution in [0.4, 0.5) is 8.78 Å². The highest BCUT2D eigenvalue weighted by Crippen LogP contribution is 2.41. The summed E-state index contributed by atoms with van der Waals surface area (Å²) in [6.45, 7) is -0.0933. The maximum Gasteiger partial charge on any atom is 0.295 e. The van der Waals surface area contributed by atoms with Crippen LogP contribution in [0.3, 0.4) is 0 Å². The Kier molecular flexibility index (Phi) is 6.16. The van der Waals surface area contributed by atoms with Crippen molar-refractivity contribution in [1.29, 1.82) is 0 Å². The van der Waals surface area contributed by atoms with Crippen molar-refractivity contribution in [3.8, 4) is 5.75 Å². The van der Waals surface area contributed by atoms with Gasteiger partial charge in [-0.25, -0.2) is 8.78 Å². The molecule has 1 unspecified atom stereocenters. The smallest absolute Gasteiger partial charge is 0.295 e. The standard InChI is InChI=1S/C25H18ClF2NO4/c1-33-20-11-8-15(12-18(20)26)23(30)21-22(17-4-2-3-5-19(17)28)29(25(32)24(21)31)13-14-6-9-16(27)10-7-14/h2-12,22,30H,13H2,1H3/b23-21+. The van der Waals surface area contributed by atoms with Gasteiger partial charge in [-0.1, -0.05) is 41.9 Å². The Morgan fingerprint density at radius 2 is 1.76 bits per heavy atom. The first kappa shape index (κ1) is 22.5. The number of aliphatic hydroxyl groups is 1. The Labute approximate surface area is 193 Å². The first-order valence-corrected chi connectivity index (χ1v) is 10.3. The van der Waals surface area contributed by atoms with E-state index in [9.17, 15) is 23.5 Å². The van der Waals surface area contributed by atoms with Crippen molar-refractivity contribution in [2.24, 2.45) is 0 Å². The molecule has 1 N–H and O–H groups in total. The number of likely N-dealkylation sites (tertiary alicyclic amines) is 1. The molecule has 0 saturated carbocycles. The Morgan fingerprint density at radius 1 is 1.06 bits per heavy atom. The maximum absolute atomic E-state index is 14.8. The Morgan fingerprint density at radius 3 is 2.39 bits per heavy atom.